The Labute approximate surface area is 133 Å². The van der Waals surface area contributed by atoms with Gasteiger partial charge in [-0.2, -0.15) is 0 Å². The molecular formula is C20H13BO2. The number of fused-ring (bicyclic) bond motifs is 2. The average Bonchev–Trinajstić information content (AvgIpc) is 2.58. The van der Waals surface area contributed by atoms with E-state index in [9.17, 15) is 10.0 Å². The summed E-state index contributed by atoms with van der Waals surface area (Å²) in [7, 11) is -1.46. The van der Waals surface area contributed by atoms with E-state index < -0.39 is 7.12 Å². The van der Waals surface area contributed by atoms with E-state index in [2.05, 4.69) is 48.5 Å². The zero-order valence-corrected chi connectivity index (χ0v) is 12.3. The molecule has 0 atom stereocenters. The molecule has 0 radical (unpaired) electrons. The molecule has 0 bridgehead atoms. The van der Waals surface area contributed by atoms with Crippen molar-refractivity contribution in [2.45, 2.75) is 0 Å². The zero-order chi connectivity index (χ0) is 15.6. The first-order valence-electron chi connectivity index (χ1n) is 7.69. The van der Waals surface area contributed by atoms with E-state index in [0.717, 1.165) is 16.2 Å². The maximum atomic E-state index is 9.68. The van der Waals surface area contributed by atoms with Gasteiger partial charge in [0.05, 0.1) is 0 Å². The number of hydrogen-bond donors (Lipinski definition) is 2. The van der Waals surface area contributed by atoms with Gasteiger partial charge in [-0.25, -0.2) is 0 Å². The first-order chi connectivity index (χ1) is 11.2. The Kier molecular flexibility index (Phi) is 2.49. The van der Waals surface area contributed by atoms with Crippen LogP contribution in [0.25, 0.3) is 43.1 Å². The standard InChI is InChI=1S/C20H13BO2/c22-21(23)18-10-7-12-5-6-14-11-13-3-1-2-4-15(13)16-8-9-17(18)19(12)20(14)16/h1-11,22-23H. The second-order valence-electron chi connectivity index (χ2n) is 6.05. The molecule has 0 unspecified atom stereocenters. The van der Waals surface area contributed by atoms with Crippen LogP contribution in [-0.4, -0.2) is 17.2 Å². The molecule has 5 aromatic carbocycles. The maximum Gasteiger partial charge on any atom is 0.489 e. The SMILES string of the molecule is OB(O)c1ccc2ccc3cc4ccccc4c4ccc1c2c34. The maximum absolute atomic E-state index is 9.68. The summed E-state index contributed by atoms with van der Waals surface area (Å²) < 4.78 is 0. The lowest BCUT2D eigenvalue weighted by Gasteiger charge is -2.15. The smallest absolute Gasteiger partial charge is 0.423 e. The summed E-state index contributed by atoms with van der Waals surface area (Å²) in [4.78, 5) is 0. The lowest BCUT2D eigenvalue weighted by molar-refractivity contribution is 0.426. The van der Waals surface area contributed by atoms with Crippen molar-refractivity contribution in [2.75, 3.05) is 0 Å². The van der Waals surface area contributed by atoms with Gasteiger partial charge in [0.1, 0.15) is 0 Å². The summed E-state index contributed by atoms with van der Waals surface area (Å²) in [6, 6.07) is 22.7. The number of rotatable bonds is 1. The first-order valence-corrected chi connectivity index (χ1v) is 7.69. The van der Waals surface area contributed by atoms with E-state index in [1.165, 1.54) is 26.9 Å². The molecule has 0 heterocycles. The predicted octanol–water partition coefficient (Wildman–Crippen LogP) is 3.42. The molecule has 5 aromatic rings. The Hall–Kier alpha value is -2.62. The number of benzene rings is 5. The largest absolute Gasteiger partial charge is 0.489 e. The van der Waals surface area contributed by atoms with Crippen LogP contribution in [0.1, 0.15) is 0 Å². The minimum Gasteiger partial charge on any atom is -0.423 e. The summed E-state index contributed by atoms with van der Waals surface area (Å²) in [5, 5.41) is 28.5. The third-order valence-electron chi connectivity index (χ3n) is 4.82. The zero-order valence-electron chi connectivity index (χ0n) is 12.3. The molecule has 0 spiro atoms. The van der Waals surface area contributed by atoms with Crippen LogP contribution in [0.3, 0.4) is 0 Å². The van der Waals surface area contributed by atoms with E-state index in [0.29, 0.717) is 5.46 Å². The highest BCUT2D eigenvalue weighted by Gasteiger charge is 2.18. The molecule has 0 aliphatic carbocycles. The molecule has 0 aromatic heterocycles. The Bertz CT molecular complexity index is 1190. The molecule has 0 amide bonds. The van der Waals surface area contributed by atoms with Gasteiger partial charge in [0.15, 0.2) is 0 Å². The Balaban J connectivity index is 2.12. The van der Waals surface area contributed by atoms with Gasteiger partial charge in [-0.3, -0.25) is 0 Å². The van der Waals surface area contributed by atoms with Crippen LogP contribution < -0.4 is 5.46 Å². The van der Waals surface area contributed by atoms with Crippen molar-refractivity contribution < 1.29 is 10.0 Å². The molecule has 0 saturated carbocycles. The molecule has 0 aliphatic rings. The van der Waals surface area contributed by atoms with Crippen molar-refractivity contribution in [2.24, 2.45) is 0 Å². The van der Waals surface area contributed by atoms with Gasteiger partial charge in [0.25, 0.3) is 0 Å². The van der Waals surface area contributed by atoms with Crippen LogP contribution in [0.2, 0.25) is 0 Å². The lowest BCUT2D eigenvalue weighted by atomic mass is 9.75. The molecular weight excluding hydrogens is 283 g/mol. The van der Waals surface area contributed by atoms with Crippen molar-refractivity contribution in [1.82, 2.24) is 0 Å². The Morgan fingerprint density at radius 2 is 1.26 bits per heavy atom. The summed E-state index contributed by atoms with van der Waals surface area (Å²) in [5.41, 5.74) is 0.556. The fourth-order valence-corrected chi connectivity index (χ4v) is 3.80. The Morgan fingerprint density at radius 3 is 2.13 bits per heavy atom. The van der Waals surface area contributed by atoms with Crippen LogP contribution >= 0.6 is 0 Å². The normalized spacial score (nSPS) is 11.9. The van der Waals surface area contributed by atoms with Crippen LogP contribution in [-0.2, 0) is 0 Å². The molecule has 108 valence electrons. The minimum atomic E-state index is -1.46. The molecule has 2 nitrogen and oxygen atoms in total. The molecule has 3 heteroatoms. The molecule has 0 fully saturated rings. The van der Waals surface area contributed by atoms with Crippen molar-refractivity contribution in [3.05, 3.63) is 66.7 Å². The Morgan fingerprint density at radius 1 is 0.565 bits per heavy atom. The van der Waals surface area contributed by atoms with E-state index in [4.69, 9.17) is 0 Å². The third-order valence-corrected chi connectivity index (χ3v) is 4.82. The highest BCUT2D eigenvalue weighted by Crippen LogP contribution is 2.37. The van der Waals surface area contributed by atoms with Crippen LogP contribution in [0, 0.1) is 0 Å². The van der Waals surface area contributed by atoms with Crippen molar-refractivity contribution in [3.63, 3.8) is 0 Å². The molecule has 5 rings (SSSR count). The van der Waals surface area contributed by atoms with Gasteiger partial charge >= 0.3 is 7.12 Å². The summed E-state index contributed by atoms with van der Waals surface area (Å²) in [5.74, 6) is 0. The lowest BCUT2D eigenvalue weighted by Crippen LogP contribution is -2.30. The predicted molar refractivity (Wildman–Crippen MR) is 97.5 cm³/mol. The van der Waals surface area contributed by atoms with Crippen LogP contribution in [0.5, 0.6) is 0 Å². The van der Waals surface area contributed by atoms with Crippen molar-refractivity contribution >= 4 is 55.7 Å². The van der Waals surface area contributed by atoms with Crippen molar-refractivity contribution in [1.29, 1.82) is 0 Å². The van der Waals surface area contributed by atoms with E-state index in [1.807, 2.05) is 12.1 Å². The van der Waals surface area contributed by atoms with E-state index >= 15 is 0 Å². The molecule has 0 aliphatic heterocycles. The van der Waals surface area contributed by atoms with Crippen LogP contribution in [0.15, 0.2) is 66.7 Å². The second kappa shape index (κ2) is 4.45. The highest BCUT2D eigenvalue weighted by molar-refractivity contribution is 6.62. The van der Waals surface area contributed by atoms with E-state index in [-0.39, 0.29) is 0 Å². The van der Waals surface area contributed by atoms with Gasteiger partial charge in [-0.15, -0.1) is 0 Å². The quantitative estimate of drug-likeness (QED) is 0.283. The van der Waals surface area contributed by atoms with Crippen LogP contribution in [0.4, 0.5) is 0 Å². The topological polar surface area (TPSA) is 40.5 Å². The number of hydrogen-bond acceptors (Lipinski definition) is 2. The van der Waals surface area contributed by atoms with Gasteiger partial charge in [-0.1, -0.05) is 60.7 Å². The fraction of sp³-hybridized carbons (Fsp3) is 0. The molecule has 23 heavy (non-hydrogen) atoms. The molecule has 0 saturated heterocycles. The summed E-state index contributed by atoms with van der Waals surface area (Å²) in [6.45, 7) is 0. The molecule has 2 N–H and O–H groups in total. The second-order valence-corrected chi connectivity index (χ2v) is 6.05. The average molecular weight is 296 g/mol. The monoisotopic (exact) mass is 296 g/mol. The minimum absolute atomic E-state index is 0.556. The first kappa shape index (κ1) is 12.9. The van der Waals surface area contributed by atoms with Gasteiger partial charge in [0, 0.05) is 0 Å². The van der Waals surface area contributed by atoms with Gasteiger partial charge in [-0.05, 0) is 54.6 Å². The summed E-state index contributed by atoms with van der Waals surface area (Å²) >= 11 is 0. The van der Waals surface area contributed by atoms with E-state index in [1.54, 1.807) is 6.07 Å². The fourth-order valence-electron chi connectivity index (χ4n) is 3.80. The summed E-state index contributed by atoms with van der Waals surface area (Å²) in [6.07, 6.45) is 0. The highest BCUT2D eigenvalue weighted by atomic mass is 16.4. The van der Waals surface area contributed by atoms with Crippen molar-refractivity contribution in [3.8, 4) is 0 Å². The third kappa shape index (κ3) is 1.66. The van der Waals surface area contributed by atoms with Gasteiger partial charge < -0.3 is 10.0 Å². The van der Waals surface area contributed by atoms with Gasteiger partial charge in [0.2, 0.25) is 0 Å².